The van der Waals surface area contributed by atoms with Gasteiger partial charge in [0.05, 0.1) is 79.9 Å². The molecule has 0 saturated carbocycles. The number of fused-ring (bicyclic) bond motifs is 3. The van der Waals surface area contributed by atoms with Gasteiger partial charge in [-0.05, 0) is 116 Å². The normalized spacial score (nSPS) is 12.7. The van der Waals surface area contributed by atoms with E-state index in [2.05, 4.69) is 54.0 Å². The van der Waals surface area contributed by atoms with E-state index in [0.29, 0.717) is 75.7 Å². The van der Waals surface area contributed by atoms with Crippen molar-refractivity contribution in [3.8, 4) is 0 Å². The number of hydrogen-bond donors (Lipinski definition) is 4. The van der Waals surface area contributed by atoms with Gasteiger partial charge in [0, 0.05) is 77.7 Å². The molecule has 20 nitrogen and oxygen atoms in total. The maximum atomic E-state index is 13.3. The highest BCUT2D eigenvalue weighted by Gasteiger charge is 2.38. The molecular formula is C64H44Cl4F9N11O9S3. The number of sulfonamides is 3. The monoisotopic (exact) mass is 1520 g/mol. The Bertz CT molecular complexity index is 5180. The highest BCUT2D eigenvalue weighted by Crippen LogP contribution is 2.40. The van der Waals surface area contributed by atoms with Crippen LogP contribution in [0.2, 0.25) is 20.1 Å². The fraction of sp³-hybridized carbons (Fsp3) is 0.125. The molecule has 36 heteroatoms. The van der Waals surface area contributed by atoms with Crippen molar-refractivity contribution in [3.05, 3.63) is 251 Å². The number of ketones is 3. The number of aromatic nitrogens is 8. The Hall–Kier alpha value is -9.70. The second-order valence-corrected chi connectivity index (χ2v) is 27.9. The summed E-state index contributed by atoms with van der Waals surface area (Å²) in [5.41, 5.74) is -0.853. The third-order valence-corrected chi connectivity index (χ3v) is 19.6. The number of carbonyl (C=O) groups is 3. The van der Waals surface area contributed by atoms with Crippen molar-refractivity contribution < 1.29 is 79.2 Å². The zero-order valence-electron chi connectivity index (χ0n) is 49.9. The third kappa shape index (κ3) is 16.3. The highest BCUT2D eigenvalue weighted by molar-refractivity contribution is 7.93. The van der Waals surface area contributed by atoms with Crippen LogP contribution in [0.3, 0.4) is 0 Å². The van der Waals surface area contributed by atoms with E-state index in [9.17, 15) is 79.2 Å². The summed E-state index contributed by atoms with van der Waals surface area (Å²) in [5, 5.41) is -1.46. The number of hydrogen-bond acceptors (Lipinski definition) is 16. The first kappa shape index (κ1) is 74.5. The number of benzene rings is 3. The summed E-state index contributed by atoms with van der Waals surface area (Å²) in [7, 11) is -13.6. The van der Waals surface area contributed by atoms with Crippen molar-refractivity contribution in [2.45, 2.75) is 67.3 Å². The maximum absolute atomic E-state index is 13.3. The molecule has 7 aromatic heterocycles. The van der Waals surface area contributed by atoms with Crippen LogP contribution in [0.5, 0.6) is 0 Å². The summed E-state index contributed by atoms with van der Waals surface area (Å²) in [6.07, 6.45) is 3.19. The van der Waals surface area contributed by atoms with Crippen molar-refractivity contribution in [2.75, 3.05) is 14.2 Å². The Labute approximate surface area is 582 Å². The topological polar surface area (TPSA) is 296 Å². The molecule has 0 atom stereocenters. The molecule has 7 heterocycles. The van der Waals surface area contributed by atoms with Crippen LogP contribution < -0.4 is 14.2 Å². The van der Waals surface area contributed by atoms with E-state index in [1.54, 1.807) is 44.3 Å². The average molecular weight is 1520 g/mol. The van der Waals surface area contributed by atoms with Gasteiger partial charge in [-0.15, -0.1) is 0 Å². The first-order valence-corrected chi connectivity index (χ1v) is 33.9. The van der Waals surface area contributed by atoms with Crippen LogP contribution in [0, 0.1) is 13.8 Å². The average Bonchev–Trinajstić information content (AvgIpc) is 1.19. The van der Waals surface area contributed by atoms with Gasteiger partial charge in [0.1, 0.15) is 34.8 Å². The van der Waals surface area contributed by atoms with E-state index in [1.807, 2.05) is 6.08 Å². The van der Waals surface area contributed by atoms with Gasteiger partial charge in [-0.3, -0.25) is 43.5 Å². The number of nitrogens with one attached hydrogen (secondary N) is 4. The Morgan fingerprint density at radius 1 is 0.460 bits per heavy atom. The van der Waals surface area contributed by atoms with Crippen molar-refractivity contribution >= 4 is 134 Å². The number of anilines is 3. The van der Waals surface area contributed by atoms with E-state index in [4.69, 9.17) is 46.4 Å². The maximum Gasteiger partial charge on any atom is 0.417 e. The molecular weight excluding hydrogens is 1480 g/mol. The number of allylic oxidation sites excluding steroid dienone is 2. The number of nitrogens with zero attached hydrogens (tertiary/aromatic N) is 7. The third-order valence-electron chi connectivity index (χ3n) is 14.3. The fourth-order valence-corrected chi connectivity index (χ4v) is 13.8. The van der Waals surface area contributed by atoms with Crippen LogP contribution >= 0.6 is 46.4 Å². The predicted octanol–water partition coefficient (Wildman–Crippen LogP) is 15.5. The minimum absolute atomic E-state index is 0. The van der Waals surface area contributed by atoms with Gasteiger partial charge in [0.25, 0.3) is 30.1 Å². The number of pyridine rings is 5. The lowest BCUT2D eigenvalue weighted by molar-refractivity contribution is -0.138. The Balaban J connectivity index is 0.000000174. The summed E-state index contributed by atoms with van der Waals surface area (Å²) < 4.78 is 203. The minimum atomic E-state index is -4.87. The highest BCUT2D eigenvalue weighted by atomic mass is 35.5. The first-order chi connectivity index (χ1) is 46.4. The fourth-order valence-electron chi connectivity index (χ4n) is 9.75. The van der Waals surface area contributed by atoms with Crippen molar-refractivity contribution in [1.82, 2.24) is 39.9 Å². The molecule has 0 spiro atoms. The number of aromatic amines is 1. The number of alkyl halides is 9. The summed E-state index contributed by atoms with van der Waals surface area (Å²) in [4.78, 5) is 69.0. The zero-order chi connectivity index (χ0) is 71.9. The quantitative estimate of drug-likeness (QED) is 0.0548. The lowest BCUT2D eigenvalue weighted by Gasteiger charge is -2.15. The SMILES string of the molecule is C.Cc1cnc(C(=O)c2ccnc3c2C=CC3)c(NS(=O)(=O)c2ccc(Cl)c(C(F)(F)F)c2)c1.Cc1cnc(C(=O)c2ncnc3c2C=CC3)c(NS(=O)(=O)c2ccc(Cl)c(C(F)(F)F)c2)c1.O=C(c1ncc(Cl)cc1NS(=O)(=O)c1ccc(Cl)c(C(F)(F)F)c1)c1ccnc2[nH]ccc12. The molecule has 0 bridgehead atoms. The second kappa shape index (κ2) is 28.9. The van der Waals surface area contributed by atoms with Gasteiger partial charge >= 0.3 is 18.5 Å². The van der Waals surface area contributed by atoms with E-state index in [1.165, 1.54) is 55.4 Å². The molecule has 10 aromatic rings. The lowest BCUT2D eigenvalue weighted by atomic mass is 10.0. The van der Waals surface area contributed by atoms with Crippen LogP contribution in [-0.2, 0) is 61.4 Å². The molecule has 518 valence electrons. The van der Waals surface area contributed by atoms with E-state index >= 15 is 0 Å². The molecule has 0 saturated heterocycles. The molecule has 0 fully saturated rings. The molecule has 3 aromatic carbocycles. The van der Waals surface area contributed by atoms with Gasteiger partial charge in [-0.2, -0.15) is 39.5 Å². The number of H-pyrrole nitrogens is 1. The van der Waals surface area contributed by atoms with Crippen LogP contribution in [0.4, 0.5) is 56.6 Å². The number of rotatable bonds is 15. The molecule has 2 aliphatic carbocycles. The minimum Gasteiger partial charge on any atom is -0.346 e. The molecule has 0 aliphatic heterocycles. The van der Waals surface area contributed by atoms with Gasteiger partial charge in [0.2, 0.25) is 17.3 Å². The van der Waals surface area contributed by atoms with Crippen molar-refractivity contribution in [2.24, 2.45) is 0 Å². The molecule has 12 rings (SSSR count). The number of halogens is 13. The van der Waals surface area contributed by atoms with E-state index in [0.717, 1.165) is 48.7 Å². The Kier molecular flexibility index (Phi) is 21.5. The number of carbonyl (C=O) groups excluding carboxylic acids is 3. The van der Waals surface area contributed by atoms with Crippen molar-refractivity contribution in [1.29, 1.82) is 0 Å². The molecule has 2 aliphatic rings. The van der Waals surface area contributed by atoms with Gasteiger partial charge < -0.3 is 4.98 Å². The largest absolute Gasteiger partial charge is 0.417 e. The Morgan fingerprint density at radius 3 is 1.35 bits per heavy atom. The molecule has 0 radical (unpaired) electrons. The molecule has 0 unspecified atom stereocenters. The standard InChI is InChI=1S/C22H15ClF3N3O3S.C21H14ClF3N4O3S.C20H11Cl2F3N4O3S.CH4/c1-12-9-19(29-33(31,32)13-5-6-17(23)16(10-13)22(24,25)26)20(28-11-12)21(30)15-7-8-27-18-4-2-3-14(15)18;1-11-7-17(29-33(31,32)12-5-6-15(22)14(8-12)21(23,24)25)19(26-9-11)20(30)18-13-3-2-4-16(13)27-10-28-18;21-10-7-16(29-33(31,32)11-1-2-15(22)14(8-11)20(23,24)25)17(28-9-10)18(30)12-3-5-26-19-13(12)4-6-27-19;/h2-3,5-11,29H,4H2,1H3;2-3,5-10,29H,4H2,1H3;1-9,29H,(H,26,27);1H4. The van der Waals surface area contributed by atoms with Crippen LogP contribution in [-0.4, -0.2) is 82.5 Å². The van der Waals surface area contributed by atoms with E-state index in [-0.39, 0.29) is 63.4 Å². The molecule has 4 N–H and O–H groups in total. The second-order valence-electron chi connectivity index (χ2n) is 21.2. The van der Waals surface area contributed by atoms with Crippen LogP contribution in [0.25, 0.3) is 23.2 Å². The molecule has 100 heavy (non-hydrogen) atoms. The number of aryl methyl sites for hydroxylation is 2. The Morgan fingerprint density at radius 2 is 0.870 bits per heavy atom. The van der Waals surface area contributed by atoms with Crippen LogP contribution in [0.15, 0.2) is 161 Å². The van der Waals surface area contributed by atoms with Gasteiger partial charge in [0.15, 0.2) is 0 Å². The summed E-state index contributed by atoms with van der Waals surface area (Å²) >= 11 is 22.7. The van der Waals surface area contributed by atoms with Gasteiger partial charge in [-0.1, -0.05) is 78.1 Å². The summed E-state index contributed by atoms with van der Waals surface area (Å²) in [6.45, 7) is 3.25. The first-order valence-electron chi connectivity index (χ1n) is 27.9. The van der Waals surface area contributed by atoms with Crippen LogP contribution in [0.1, 0.15) is 106 Å². The lowest BCUT2D eigenvalue weighted by Crippen LogP contribution is -2.19. The summed E-state index contributed by atoms with van der Waals surface area (Å²) in [6, 6.07) is 15.0. The smallest absolute Gasteiger partial charge is 0.346 e. The van der Waals surface area contributed by atoms with Crippen molar-refractivity contribution in [3.63, 3.8) is 0 Å². The van der Waals surface area contributed by atoms with Gasteiger partial charge in [-0.25, -0.2) is 45.2 Å². The zero-order valence-corrected chi connectivity index (χ0v) is 55.3. The predicted molar refractivity (Wildman–Crippen MR) is 354 cm³/mol. The summed E-state index contributed by atoms with van der Waals surface area (Å²) in [5.74, 6) is -1.86. The van der Waals surface area contributed by atoms with E-state index < -0.39 is 112 Å². The molecule has 0 amide bonds.